The van der Waals surface area contributed by atoms with Crippen LogP contribution in [0.5, 0.6) is 5.75 Å². The fourth-order valence-corrected chi connectivity index (χ4v) is 2.99. The van der Waals surface area contributed by atoms with Crippen LogP contribution >= 0.6 is 0 Å². The summed E-state index contributed by atoms with van der Waals surface area (Å²) < 4.78 is 5.60. The lowest BCUT2D eigenvalue weighted by Gasteiger charge is -2.11. The zero-order chi connectivity index (χ0) is 22.2. The van der Waals surface area contributed by atoms with Crippen molar-refractivity contribution in [3.05, 3.63) is 72.3 Å². The monoisotopic (exact) mass is 419 g/mol. The molecule has 3 aromatic carbocycles. The van der Waals surface area contributed by atoms with Crippen LogP contribution in [0.1, 0.15) is 30.6 Å². The molecule has 0 saturated carbocycles. The molecule has 0 bridgehead atoms. The van der Waals surface area contributed by atoms with Gasteiger partial charge in [0.1, 0.15) is 5.75 Å². The summed E-state index contributed by atoms with van der Waals surface area (Å²) in [5.74, 6) is -0.184. The van der Waals surface area contributed by atoms with E-state index in [1.54, 1.807) is 30.3 Å². The number of rotatable bonds is 7. The molecule has 0 radical (unpaired) electrons. The van der Waals surface area contributed by atoms with E-state index < -0.39 is 11.8 Å². The molecule has 3 N–H and O–H groups in total. The van der Waals surface area contributed by atoms with E-state index in [1.165, 1.54) is 0 Å². The molecule has 7 nitrogen and oxygen atoms in total. The number of benzene rings is 3. The third-order valence-electron chi connectivity index (χ3n) is 4.45. The Balaban J connectivity index is 1.47. The molecule has 0 aliphatic carbocycles. The fraction of sp³-hybridized carbons (Fsp3) is 0.208. The molecular weight excluding hydrogens is 394 g/mol. The highest BCUT2D eigenvalue weighted by Crippen LogP contribution is 2.24. The van der Waals surface area contributed by atoms with Crippen LogP contribution in [0.15, 0.2) is 66.7 Å². The molecule has 3 amide bonds. The number of amides is 3. The van der Waals surface area contributed by atoms with Crippen molar-refractivity contribution >= 4 is 34.2 Å². The van der Waals surface area contributed by atoms with Crippen molar-refractivity contribution in [2.45, 2.75) is 20.3 Å². The van der Waals surface area contributed by atoms with Crippen molar-refractivity contribution in [3.63, 3.8) is 0 Å². The summed E-state index contributed by atoms with van der Waals surface area (Å²) >= 11 is 0. The standard InChI is InChI=1S/C24H25N3O4/c1-16(2)14-22(28)25-19-12-10-18(11-13-19)24(30)27-26-23(29)15-31-21-9-5-7-17-6-3-4-8-20(17)21/h3-13,16H,14-15H2,1-2H3,(H,25,28)(H,26,29)(H,27,30). The van der Waals surface area contributed by atoms with Crippen molar-refractivity contribution in [2.24, 2.45) is 5.92 Å². The van der Waals surface area contributed by atoms with Crippen molar-refractivity contribution in [1.29, 1.82) is 0 Å². The van der Waals surface area contributed by atoms with Crippen LogP contribution in [0, 0.1) is 5.92 Å². The minimum Gasteiger partial charge on any atom is -0.483 e. The first-order valence-electron chi connectivity index (χ1n) is 10.0. The molecule has 0 aliphatic heterocycles. The topological polar surface area (TPSA) is 96.5 Å². The molecule has 0 aromatic heterocycles. The number of nitrogens with one attached hydrogen (secondary N) is 3. The number of carbonyl (C=O) groups excluding carboxylic acids is 3. The van der Waals surface area contributed by atoms with Gasteiger partial charge in [0.25, 0.3) is 11.8 Å². The minimum absolute atomic E-state index is 0.0781. The third-order valence-corrected chi connectivity index (χ3v) is 4.45. The Bertz CT molecular complexity index is 1070. The van der Waals surface area contributed by atoms with Crippen LogP contribution in [-0.2, 0) is 9.59 Å². The summed E-state index contributed by atoms with van der Waals surface area (Å²) in [5.41, 5.74) is 5.64. The van der Waals surface area contributed by atoms with Gasteiger partial charge in [0.15, 0.2) is 6.61 Å². The van der Waals surface area contributed by atoms with Crippen molar-refractivity contribution in [3.8, 4) is 5.75 Å². The molecule has 0 unspecified atom stereocenters. The lowest BCUT2D eigenvalue weighted by molar-refractivity contribution is -0.123. The highest BCUT2D eigenvalue weighted by atomic mass is 16.5. The Labute approximate surface area is 180 Å². The van der Waals surface area contributed by atoms with Crippen LogP contribution in [0.2, 0.25) is 0 Å². The predicted molar refractivity (Wildman–Crippen MR) is 120 cm³/mol. The lowest BCUT2D eigenvalue weighted by Crippen LogP contribution is -2.43. The number of hydrogen-bond acceptors (Lipinski definition) is 4. The first-order valence-corrected chi connectivity index (χ1v) is 10.0. The van der Waals surface area contributed by atoms with Crippen molar-refractivity contribution < 1.29 is 19.1 Å². The normalized spacial score (nSPS) is 10.5. The van der Waals surface area contributed by atoms with E-state index in [9.17, 15) is 14.4 Å². The van der Waals surface area contributed by atoms with Crippen molar-refractivity contribution in [2.75, 3.05) is 11.9 Å². The molecule has 0 fully saturated rings. The van der Waals surface area contributed by atoms with Gasteiger partial charge < -0.3 is 10.1 Å². The SMILES string of the molecule is CC(C)CC(=O)Nc1ccc(C(=O)NNC(=O)COc2cccc3ccccc23)cc1. The van der Waals surface area contributed by atoms with E-state index in [-0.39, 0.29) is 18.4 Å². The van der Waals surface area contributed by atoms with Gasteiger partial charge in [0, 0.05) is 23.1 Å². The average Bonchev–Trinajstić information content (AvgIpc) is 2.76. The number of hydrazine groups is 1. The van der Waals surface area contributed by atoms with Gasteiger partial charge in [-0.05, 0) is 41.6 Å². The average molecular weight is 419 g/mol. The number of carbonyl (C=O) groups is 3. The fourth-order valence-electron chi connectivity index (χ4n) is 2.99. The summed E-state index contributed by atoms with van der Waals surface area (Å²) in [5, 5.41) is 4.69. The van der Waals surface area contributed by atoms with Gasteiger partial charge in [-0.1, -0.05) is 50.2 Å². The largest absolute Gasteiger partial charge is 0.483 e. The van der Waals surface area contributed by atoms with E-state index in [0.29, 0.717) is 23.4 Å². The predicted octanol–water partition coefficient (Wildman–Crippen LogP) is 3.66. The second-order valence-electron chi connectivity index (χ2n) is 7.49. The van der Waals surface area contributed by atoms with Gasteiger partial charge in [-0.15, -0.1) is 0 Å². The van der Waals surface area contributed by atoms with Crippen LogP contribution in [0.3, 0.4) is 0 Å². The number of anilines is 1. The Morgan fingerprint density at radius 2 is 1.55 bits per heavy atom. The van der Waals surface area contributed by atoms with E-state index in [4.69, 9.17) is 4.74 Å². The first-order chi connectivity index (χ1) is 14.9. The van der Waals surface area contributed by atoms with Crippen LogP contribution in [0.4, 0.5) is 5.69 Å². The summed E-state index contributed by atoms with van der Waals surface area (Å²) in [6.45, 7) is 3.69. The minimum atomic E-state index is -0.487. The zero-order valence-electron chi connectivity index (χ0n) is 17.5. The molecule has 0 spiro atoms. The second-order valence-corrected chi connectivity index (χ2v) is 7.49. The summed E-state index contributed by atoms with van der Waals surface area (Å²) in [6, 6.07) is 19.7. The van der Waals surface area contributed by atoms with E-state index in [2.05, 4.69) is 16.2 Å². The molecule has 160 valence electrons. The molecule has 7 heteroatoms. The van der Waals surface area contributed by atoms with Gasteiger partial charge >= 0.3 is 0 Å². The van der Waals surface area contributed by atoms with Crippen LogP contribution < -0.4 is 20.9 Å². The van der Waals surface area contributed by atoms with Crippen LogP contribution in [0.25, 0.3) is 10.8 Å². The molecule has 31 heavy (non-hydrogen) atoms. The maximum Gasteiger partial charge on any atom is 0.276 e. The van der Waals surface area contributed by atoms with E-state index >= 15 is 0 Å². The second kappa shape index (κ2) is 10.2. The molecule has 0 heterocycles. The maximum absolute atomic E-state index is 12.2. The molecular formula is C24H25N3O4. The summed E-state index contributed by atoms with van der Waals surface area (Å²) in [6.07, 6.45) is 0.426. The highest BCUT2D eigenvalue weighted by molar-refractivity contribution is 5.97. The molecule has 3 aromatic rings. The summed E-state index contributed by atoms with van der Waals surface area (Å²) in [4.78, 5) is 36.1. The first kappa shape index (κ1) is 21.8. The van der Waals surface area contributed by atoms with Gasteiger partial charge in [0.2, 0.25) is 5.91 Å². The Hall–Kier alpha value is -3.87. The summed E-state index contributed by atoms with van der Waals surface area (Å²) in [7, 11) is 0. The number of hydrogen-bond donors (Lipinski definition) is 3. The molecule has 0 atom stereocenters. The van der Waals surface area contributed by atoms with Gasteiger partial charge in [-0.25, -0.2) is 0 Å². The smallest absolute Gasteiger partial charge is 0.276 e. The Morgan fingerprint density at radius 3 is 2.29 bits per heavy atom. The molecule has 0 saturated heterocycles. The molecule has 0 aliphatic rings. The van der Waals surface area contributed by atoms with Crippen LogP contribution in [-0.4, -0.2) is 24.3 Å². The molecule has 3 rings (SSSR count). The lowest BCUT2D eigenvalue weighted by atomic mass is 10.1. The Morgan fingerprint density at radius 1 is 0.839 bits per heavy atom. The highest BCUT2D eigenvalue weighted by Gasteiger charge is 2.10. The van der Waals surface area contributed by atoms with E-state index in [0.717, 1.165) is 10.8 Å². The third kappa shape index (κ3) is 6.30. The van der Waals surface area contributed by atoms with Crippen molar-refractivity contribution in [1.82, 2.24) is 10.9 Å². The van der Waals surface area contributed by atoms with E-state index in [1.807, 2.05) is 50.2 Å². The zero-order valence-corrected chi connectivity index (χ0v) is 17.5. The Kier molecular flexibility index (Phi) is 7.22. The van der Waals surface area contributed by atoms with Gasteiger partial charge in [-0.3, -0.25) is 25.2 Å². The number of fused-ring (bicyclic) bond motifs is 1. The van der Waals surface area contributed by atoms with Gasteiger partial charge in [-0.2, -0.15) is 0 Å². The quantitative estimate of drug-likeness (QED) is 0.509. The number of ether oxygens (including phenoxy) is 1. The maximum atomic E-state index is 12.2. The van der Waals surface area contributed by atoms with Gasteiger partial charge in [0.05, 0.1) is 0 Å².